The van der Waals surface area contributed by atoms with Crippen molar-refractivity contribution >= 4 is 0 Å². The van der Waals surface area contributed by atoms with Gasteiger partial charge in [-0.3, -0.25) is 0 Å². The molecule has 1 heteroatoms. The van der Waals surface area contributed by atoms with Crippen molar-refractivity contribution in [1.82, 2.24) is 5.32 Å². The maximum absolute atomic E-state index is 3.89. The van der Waals surface area contributed by atoms with Gasteiger partial charge in [0.15, 0.2) is 0 Å². The van der Waals surface area contributed by atoms with Gasteiger partial charge < -0.3 is 5.32 Å². The van der Waals surface area contributed by atoms with Gasteiger partial charge >= 0.3 is 0 Å². The molecule has 0 saturated heterocycles. The Labute approximate surface area is 118 Å². The lowest BCUT2D eigenvalue weighted by atomic mass is 9.77. The Hall–Kier alpha value is -0.820. The summed E-state index contributed by atoms with van der Waals surface area (Å²) in [5.41, 5.74) is 2.76. The van der Waals surface area contributed by atoms with Gasteiger partial charge in [-0.15, -0.1) is 0 Å². The van der Waals surface area contributed by atoms with Crippen molar-refractivity contribution in [2.75, 3.05) is 0 Å². The van der Waals surface area contributed by atoms with E-state index < -0.39 is 0 Å². The van der Waals surface area contributed by atoms with E-state index in [1.54, 1.807) is 0 Å². The second-order valence-corrected chi connectivity index (χ2v) is 6.60. The maximum atomic E-state index is 3.89. The molecule has 2 unspecified atom stereocenters. The zero-order chi connectivity index (χ0) is 13.8. The number of aryl methyl sites for hydroxylation is 1. The van der Waals surface area contributed by atoms with Gasteiger partial charge in [-0.05, 0) is 44.1 Å². The van der Waals surface area contributed by atoms with Crippen LogP contribution in [0.1, 0.15) is 63.6 Å². The number of hydrogen-bond acceptors (Lipinski definition) is 1. The summed E-state index contributed by atoms with van der Waals surface area (Å²) >= 11 is 0. The third-order valence-electron chi connectivity index (χ3n) is 4.72. The number of hydrogen-bond donors (Lipinski definition) is 1. The van der Waals surface area contributed by atoms with Crippen LogP contribution in [-0.2, 0) is 0 Å². The molecular weight excluding hydrogens is 230 g/mol. The van der Waals surface area contributed by atoms with E-state index >= 15 is 0 Å². The van der Waals surface area contributed by atoms with Crippen LogP contribution in [0.4, 0.5) is 0 Å². The highest BCUT2D eigenvalue weighted by atomic mass is 15.0. The molecule has 0 spiro atoms. The number of nitrogens with one attached hydrogen (secondary N) is 1. The van der Waals surface area contributed by atoms with Gasteiger partial charge in [-0.1, -0.05) is 56.5 Å². The molecule has 1 aromatic carbocycles. The van der Waals surface area contributed by atoms with E-state index in [2.05, 4.69) is 57.3 Å². The molecule has 1 aromatic rings. The third-order valence-corrected chi connectivity index (χ3v) is 4.72. The van der Waals surface area contributed by atoms with Gasteiger partial charge in [0.2, 0.25) is 0 Å². The molecule has 1 aliphatic carbocycles. The van der Waals surface area contributed by atoms with E-state index in [9.17, 15) is 0 Å². The van der Waals surface area contributed by atoms with Crippen molar-refractivity contribution in [3.8, 4) is 0 Å². The van der Waals surface area contributed by atoms with E-state index in [4.69, 9.17) is 0 Å². The highest BCUT2D eigenvalue weighted by Crippen LogP contribution is 2.31. The minimum absolute atomic E-state index is 0.463. The summed E-state index contributed by atoms with van der Waals surface area (Å²) in [6.45, 7) is 9.21. The van der Waals surface area contributed by atoms with Crippen LogP contribution in [0, 0.1) is 18.8 Å². The maximum Gasteiger partial charge on any atom is 0.0294 e. The van der Waals surface area contributed by atoms with E-state index in [1.807, 2.05) is 0 Å². The molecule has 1 nitrogen and oxygen atoms in total. The minimum Gasteiger partial charge on any atom is -0.307 e. The van der Waals surface area contributed by atoms with Crippen LogP contribution in [0.25, 0.3) is 0 Å². The summed E-state index contributed by atoms with van der Waals surface area (Å²) < 4.78 is 0. The molecule has 106 valence electrons. The van der Waals surface area contributed by atoms with E-state index in [-0.39, 0.29) is 0 Å². The normalized spacial score (nSPS) is 25.5. The van der Waals surface area contributed by atoms with Gasteiger partial charge in [0.25, 0.3) is 0 Å². The van der Waals surface area contributed by atoms with Crippen molar-refractivity contribution in [1.29, 1.82) is 0 Å². The Bertz CT molecular complexity index is 379. The van der Waals surface area contributed by atoms with Crippen LogP contribution in [0.3, 0.4) is 0 Å². The van der Waals surface area contributed by atoms with Crippen LogP contribution in [-0.4, -0.2) is 6.04 Å². The van der Waals surface area contributed by atoms with Gasteiger partial charge in [-0.25, -0.2) is 0 Å². The SMILES string of the molecule is Cc1ccc([C@H](C)NC2CCCCC2C(C)C)cc1. The lowest BCUT2D eigenvalue weighted by Gasteiger charge is -2.37. The first-order valence-electron chi connectivity index (χ1n) is 7.90. The van der Waals surface area contributed by atoms with Crippen LogP contribution in [0.5, 0.6) is 0 Å². The number of rotatable bonds is 4. The summed E-state index contributed by atoms with van der Waals surface area (Å²) in [7, 11) is 0. The van der Waals surface area contributed by atoms with Crippen molar-refractivity contribution in [3.63, 3.8) is 0 Å². The van der Waals surface area contributed by atoms with Crippen LogP contribution in [0.2, 0.25) is 0 Å². The summed E-state index contributed by atoms with van der Waals surface area (Å²) in [6, 6.07) is 10.1. The first kappa shape index (κ1) is 14.6. The van der Waals surface area contributed by atoms with Crippen LogP contribution in [0.15, 0.2) is 24.3 Å². The Kier molecular flexibility index (Phi) is 5.04. The molecule has 19 heavy (non-hydrogen) atoms. The number of benzene rings is 1. The predicted molar refractivity (Wildman–Crippen MR) is 83.3 cm³/mol. The smallest absolute Gasteiger partial charge is 0.0294 e. The molecule has 1 N–H and O–H groups in total. The van der Waals surface area contributed by atoms with Crippen molar-refractivity contribution in [2.24, 2.45) is 11.8 Å². The average molecular weight is 259 g/mol. The predicted octanol–water partition coefficient (Wildman–Crippen LogP) is 4.86. The summed E-state index contributed by atoms with van der Waals surface area (Å²) in [5.74, 6) is 1.64. The molecule has 1 saturated carbocycles. The lowest BCUT2D eigenvalue weighted by molar-refractivity contribution is 0.195. The Balaban J connectivity index is 2.00. The monoisotopic (exact) mass is 259 g/mol. The second kappa shape index (κ2) is 6.56. The van der Waals surface area contributed by atoms with Gasteiger partial charge in [0.05, 0.1) is 0 Å². The van der Waals surface area contributed by atoms with Crippen molar-refractivity contribution in [2.45, 2.75) is 65.5 Å². The van der Waals surface area contributed by atoms with Gasteiger partial charge in [0.1, 0.15) is 0 Å². The average Bonchev–Trinajstić information content (AvgIpc) is 2.39. The highest BCUT2D eigenvalue weighted by Gasteiger charge is 2.28. The quantitative estimate of drug-likeness (QED) is 0.814. The molecule has 1 fully saturated rings. The van der Waals surface area contributed by atoms with Gasteiger partial charge in [-0.2, -0.15) is 0 Å². The van der Waals surface area contributed by atoms with E-state index in [0.29, 0.717) is 12.1 Å². The zero-order valence-corrected chi connectivity index (χ0v) is 12.9. The fourth-order valence-corrected chi connectivity index (χ4v) is 3.44. The fourth-order valence-electron chi connectivity index (χ4n) is 3.44. The highest BCUT2D eigenvalue weighted by molar-refractivity contribution is 5.23. The molecule has 2 rings (SSSR count). The molecule has 0 radical (unpaired) electrons. The van der Waals surface area contributed by atoms with E-state index in [1.165, 1.54) is 36.8 Å². The largest absolute Gasteiger partial charge is 0.307 e. The van der Waals surface area contributed by atoms with Crippen molar-refractivity contribution in [3.05, 3.63) is 35.4 Å². The first-order chi connectivity index (χ1) is 9.08. The van der Waals surface area contributed by atoms with E-state index in [0.717, 1.165) is 11.8 Å². The van der Waals surface area contributed by atoms with Crippen LogP contribution < -0.4 is 5.32 Å². The summed E-state index contributed by atoms with van der Waals surface area (Å²) in [4.78, 5) is 0. The molecule has 3 atom stereocenters. The lowest BCUT2D eigenvalue weighted by Crippen LogP contribution is -2.42. The molecule has 0 aliphatic heterocycles. The van der Waals surface area contributed by atoms with Crippen molar-refractivity contribution < 1.29 is 0 Å². The minimum atomic E-state index is 0.463. The van der Waals surface area contributed by atoms with Crippen LogP contribution >= 0.6 is 0 Å². The zero-order valence-electron chi connectivity index (χ0n) is 12.9. The summed E-state index contributed by atoms with van der Waals surface area (Å²) in [6.07, 6.45) is 5.55. The molecule has 0 bridgehead atoms. The molecule has 0 aromatic heterocycles. The fraction of sp³-hybridized carbons (Fsp3) is 0.667. The Morgan fingerprint density at radius 2 is 1.63 bits per heavy atom. The standard InChI is InChI=1S/C18H29N/c1-13(2)17-7-5-6-8-18(17)19-15(4)16-11-9-14(3)10-12-16/h9-13,15,17-19H,5-8H2,1-4H3/t15-,17?,18?/m0/s1. The van der Waals surface area contributed by atoms with Gasteiger partial charge in [0, 0.05) is 12.1 Å². The topological polar surface area (TPSA) is 12.0 Å². The first-order valence-corrected chi connectivity index (χ1v) is 7.90. The molecule has 0 amide bonds. The third kappa shape index (κ3) is 3.82. The second-order valence-electron chi connectivity index (χ2n) is 6.60. The molecular formula is C18H29N. The molecule has 1 aliphatic rings. The Morgan fingerprint density at radius 3 is 2.26 bits per heavy atom. The molecule has 0 heterocycles. The Morgan fingerprint density at radius 1 is 1.00 bits per heavy atom. The summed E-state index contributed by atoms with van der Waals surface area (Å²) in [5, 5.41) is 3.89.